The Bertz CT molecular complexity index is 743. The Labute approximate surface area is 161 Å². The van der Waals surface area contributed by atoms with E-state index in [0.717, 1.165) is 35.8 Å². The summed E-state index contributed by atoms with van der Waals surface area (Å²) >= 11 is 0. The number of anilines is 1. The Balaban J connectivity index is 1.80. The molecule has 2 aromatic rings. The third-order valence-corrected chi connectivity index (χ3v) is 3.85. The van der Waals surface area contributed by atoms with E-state index in [1.165, 1.54) is 5.56 Å². The first-order valence-corrected chi connectivity index (χ1v) is 9.06. The summed E-state index contributed by atoms with van der Waals surface area (Å²) in [6.07, 6.45) is 1.93. The van der Waals surface area contributed by atoms with Gasteiger partial charge in [0.05, 0.1) is 20.3 Å². The van der Waals surface area contributed by atoms with Crippen LogP contribution in [0.3, 0.4) is 0 Å². The number of hydrogen-bond donors (Lipinski definition) is 2. The second kappa shape index (κ2) is 10.3. The predicted molar refractivity (Wildman–Crippen MR) is 110 cm³/mol. The first-order chi connectivity index (χ1) is 13.0. The Morgan fingerprint density at radius 2 is 1.74 bits per heavy atom. The summed E-state index contributed by atoms with van der Waals surface area (Å²) in [6.45, 7) is 4.64. The number of rotatable bonds is 9. The third-order valence-electron chi connectivity index (χ3n) is 3.85. The number of nitrogens with one attached hydrogen (secondary N) is 1. The van der Waals surface area contributed by atoms with Gasteiger partial charge in [-0.3, -0.25) is 4.99 Å². The fraction of sp³-hybridized carbons (Fsp3) is 0.381. The van der Waals surface area contributed by atoms with Crippen LogP contribution in [0.1, 0.15) is 25.8 Å². The minimum absolute atomic E-state index is 0.154. The average Bonchev–Trinajstić information content (AvgIpc) is 2.66. The van der Waals surface area contributed by atoms with Crippen molar-refractivity contribution in [2.24, 2.45) is 10.7 Å². The van der Waals surface area contributed by atoms with Gasteiger partial charge in [-0.2, -0.15) is 0 Å². The van der Waals surface area contributed by atoms with Crippen molar-refractivity contribution in [3.05, 3.63) is 48.0 Å². The molecule has 0 fully saturated rings. The van der Waals surface area contributed by atoms with Gasteiger partial charge in [-0.05, 0) is 68.7 Å². The van der Waals surface area contributed by atoms with Gasteiger partial charge in [-0.25, -0.2) is 0 Å². The normalized spacial score (nSPS) is 11.4. The molecule has 0 bridgehead atoms. The van der Waals surface area contributed by atoms with Gasteiger partial charge in [0.25, 0.3) is 0 Å². The lowest BCUT2D eigenvalue weighted by Crippen LogP contribution is -2.22. The lowest BCUT2D eigenvalue weighted by molar-refractivity contribution is 0.242. The predicted octanol–water partition coefficient (Wildman–Crippen LogP) is 3.85. The van der Waals surface area contributed by atoms with Gasteiger partial charge >= 0.3 is 0 Å². The van der Waals surface area contributed by atoms with Crippen molar-refractivity contribution in [2.75, 3.05) is 26.1 Å². The fourth-order valence-corrected chi connectivity index (χ4v) is 2.60. The van der Waals surface area contributed by atoms with E-state index in [0.29, 0.717) is 12.5 Å². The van der Waals surface area contributed by atoms with E-state index in [-0.39, 0.29) is 6.10 Å². The summed E-state index contributed by atoms with van der Waals surface area (Å²) < 4.78 is 16.2. The Morgan fingerprint density at radius 1 is 1.04 bits per heavy atom. The molecule has 0 atom stereocenters. The summed E-state index contributed by atoms with van der Waals surface area (Å²) in [5, 5.41) is 3.09. The van der Waals surface area contributed by atoms with E-state index < -0.39 is 0 Å². The number of aliphatic imine (C=N–C) groups is 1. The molecule has 0 aliphatic heterocycles. The highest BCUT2D eigenvalue weighted by Crippen LogP contribution is 2.27. The van der Waals surface area contributed by atoms with Gasteiger partial charge in [-0.15, -0.1) is 0 Å². The summed E-state index contributed by atoms with van der Waals surface area (Å²) in [5.74, 6) is 2.71. The van der Waals surface area contributed by atoms with Gasteiger partial charge in [0.1, 0.15) is 5.75 Å². The Morgan fingerprint density at radius 3 is 2.37 bits per heavy atom. The molecule has 6 heteroatoms. The lowest BCUT2D eigenvalue weighted by Gasteiger charge is -2.11. The second-order valence-electron chi connectivity index (χ2n) is 6.38. The largest absolute Gasteiger partial charge is 0.493 e. The molecule has 0 unspecified atom stereocenters. The monoisotopic (exact) mass is 371 g/mol. The summed E-state index contributed by atoms with van der Waals surface area (Å²) in [7, 11) is 3.27. The van der Waals surface area contributed by atoms with Gasteiger partial charge < -0.3 is 25.3 Å². The van der Waals surface area contributed by atoms with Gasteiger partial charge in [0.2, 0.25) is 0 Å². The van der Waals surface area contributed by atoms with Crippen LogP contribution in [0.2, 0.25) is 0 Å². The fourth-order valence-electron chi connectivity index (χ4n) is 2.60. The maximum Gasteiger partial charge on any atom is 0.193 e. The number of aryl methyl sites for hydroxylation is 1. The molecule has 6 nitrogen and oxygen atoms in total. The minimum Gasteiger partial charge on any atom is -0.493 e. The zero-order chi connectivity index (χ0) is 19.6. The van der Waals surface area contributed by atoms with Crippen molar-refractivity contribution in [1.29, 1.82) is 0 Å². The number of methoxy groups -OCH3 is 2. The zero-order valence-electron chi connectivity index (χ0n) is 16.5. The molecule has 0 aliphatic rings. The summed E-state index contributed by atoms with van der Waals surface area (Å²) in [5.41, 5.74) is 8.02. The molecule has 0 heterocycles. The van der Waals surface area contributed by atoms with Crippen LogP contribution >= 0.6 is 0 Å². The van der Waals surface area contributed by atoms with Crippen molar-refractivity contribution in [3.8, 4) is 17.2 Å². The first kappa shape index (κ1) is 20.4. The van der Waals surface area contributed by atoms with E-state index in [1.807, 2.05) is 56.3 Å². The van der Waals surface area contributed by atoms with Crippen molar-refractivity contribution >= 4 is 11.6 Å². The second-order valence-corrected chi connectivity index (χ2v) is 6.38. The van der Waals surface area contributed by atoms with Crippen LogP contribution < -0.4 is 25.3 Å². The zero-order valence-corrected chi connectivity index (χ0v) is 16.5. The van der Waals surface area contributed by atoms with E-state index in [1.54, 1.807) is 14.2 Å². The Hall–Kier alpha value is -2.89. The molecule has 0 saturated carbocycles. The highest BCUT2D eigenvalue weighted by molar-refractivity contribution is 5.92. The van der Waals surface area contributed by atoms with E-state index in [9.17, 15) is 0 Å². The number of nitrogens with zero attached hydrogens (tertiary/aromatic N) is 1. The maximum absolute atomic E-state index is 5.96. The van der Waals surface area contributed by atoms with Crippen LogP contribution in [0.15, 0.2) is 47.5 Å². The van der Waals surface area contributed by atoms with E-state index >= 15 is 0 Å². The molecule has 146 valence electrons. The average molecular weight is 371 g/mol. The Kier molecular flexibility index (Phi) is 7.79. The van der Waals surface area contributed by atoms with E-state index in [4.69, 9.17) is 19.9 Å². The van der Waals surface area contributed by atoms with Crippen LogP contribution in [0.5, 0.6) is 17.2 Å². The van der Waals surface area contributed by atoms with Gasteiger partial charge in [0.15, 0.2) is 17.5 Å². The minimum atomic E-state index is 0.154. The van der Waals surface area contributed by atoms with Crippen LogP contribution in [-0.4, -0.2) is 32.8 Å². The summed E-state index contributed by atoms with van der Waals surface area (Å²) in [4.78, 5) is 4.38. The van der Waals surface area contributed by atoms with Gasteiger partial charge in [-0.1, -0.05) is 6.07 Å². The molecule has 0 radical (unpaired) electrons. The highest BCUT2D eigenvalue weighted by Gasteiger charge is 2.04. The number of hydrogen-bond acceptors (Lipinski definition) is 4. The van der Waals surface area contributed by atoms with E-state index in [2.05, 4.69) is 10.3 Å². The molecule has 0 amide bonds. The van der Waals surface area contributed by atoms with Crippen LogP contribution in [0.4, 0.5) is 5.69 Å². The molecule has 27 heavy (non-hydrogen) atoms. The van der Waals surface area contributed by atoms with Crippen LogP contribution in [0, 0.1) is 0 Å². The molecule has 0 aliphatic carbocycles. The molecule has 3 N–H and O–H groups in total. The van der Waals surface area contributed by atoms with Crippen LogP contribution in [-0.2, 0) is 6.42 Å². The molecule has 2 aromatic carbocycles. The van der Waals surface area contributed by atoms with Crippen molar-refractivity contribution in [1.82, 2.24) is 0 Å². The lowest BCUT2D eigenvalue weighted by atomic mass is 10.1. The highest BCUT2D eigenvalue weighted by atomic mass is 16.5. The SMILES string of the molecule is COc1ccc(CCCN=C(N)Nc2ccc(OC(C)C)cc2)cc1OC. The molecular weight excluding hydrogens is 342 g/mol. The number of nitrogens with two attached hydrogens (primary N) is 1. The number of guanidine groups is 1. The van der Waals surface area contributed by atoms with Crippen molar-refractivity contribution in [3.63, 3.8) is 0 Å². The molecule has 0 aromatic heterocycles. The molecule has 2 rings (SSSR count). The maximum atomic E-state index is 5.96. The third kappa shape index (κ3) is 6.73. The molecule has 0 spiro atoms. The number of ether oxygens (including phenoxy) is 3. The van der Waals surface area contributed by atoms with Gasteiger partial charge in [0, 0.05) is 12.2 Å². The molecular formula is C21H29N3O3. The quantitative estimate of drug-likeness (QED) is 0.398. The first-order valence-electron chi connectivity index (χ1n) is 9.06. The summed E-state index contributed by atoms with van der Waals surface area (Å²) in [6, 6.07) is 13.6. The smallest absolute Gasteiger partial charge is 0.193 e. The van der Waals surface area contributed by atoms with Crippen molar-refractivity contribution in [2.45, 2.75) is 32.8 Å². The molecule has 0 saturated heterocycles. The standard InChI is InChI=1S/C21H29N3O3/c1-15(2)27-18-10-8-17(9-11-18)24-21(22)23-13-5-6-16-7-12-19(25-3)20(14-16)26-4/h7-12,14-15H,5-6,13H2,1-4H3,(H3,22,23,24). The number of benzene rings is 2. The van der Waals surface area contributed by atoms with Crippen molar-refractivity contribution < 1.29 is 14.2 Å². The topological polar surface area (TPSA) is 78.1 Å². The van der Waals surface area contributed by atoms with Crippen LogP contribution in [0.25, 0.3) is 0 Å².